The molecule has 1 amide bonds. The zero-order valence-electron chi connectivity index (χ0n) is 11.3. The summed E-state index contributed by atoms with van der Waals surface area (Å²) in [5, 5.41) is 16.0. The summed E-state index contributed by atoms with van der Waals surface area (Å²) >= 11 is 0. The molecule has 1 aliphatic heterocycles. The molecule has 1 fully saturated rings. The maximum Gasteiger partial charge on any atom is 0.227 e. The van der Waals surface area contributed by atoms with E-state index in [0.29, 0.717) is 6.54 Å². The molecule has 0 aromatic carbocycles. The van der Waals surface area contributed by atoms with Crippen molar-refractivity contribution in [3.63, 3.8) is 0 Å². The lowest BCUT2D eigenvalue weighted by atomic mass is 9.82. The molecule has 1 aliphatic rings. The van der Waals surface area contributed by atoms with E-state index < -0.39 is 6.10 Å². The normalized spacial score (nSPS) is 28.5. The van der Waals surface area contributed by atoms with Crippen molar-refractivity contribution in [2.45, 2.75) is 46.1 Å². The molecule has 0 aromatic rings. The fourth-order valence-electron chi connectivity index (χ4n) is 2.13. The lowest BCUT2D eigenvalue weighted by Gasteiger charge is -2.33. The Balaban J connectivity index is 2.38. The summed E-state index contributed by atoms with van der Waals surface area (Å²) in [5.41, 5.74) is -0.312. The number of carbonyl (C=O) groups excluding carboxylic acids is 1. The summed E-state index contributed by atoms with van der Waals surface area (Å²) in [5.74, 6) is 0.291. The van der Waals surface area contributed by atoms with Crippen LogP contribution in [0.5, 0.6) is 0 Å². The average molecular weight is 242 g/mol. The van der Waals surface area contributed by atoms with Gasteiger partial charge in [-0.25, -0.2) is 0 Å². The van der Waals surface area contributed by atoms with Crippen molar-refractivity contribution in [2.24, 2.45) is 11.3 Å². The topological polar surface area (TPSA) is 61.4 Å². The summed E-state index contributed by atoms with van der Waals surface area (Å²) < 4.78 is 0. The largest absolute Gasteiger partial charge is 0.391 e. The van der Waals surface area contributed by atoms with E-state index in [1.165, 1.54) is 0 Å². The van der Waals surface area contributed by atoms with Gasteiger partial charge >= 0.3 is 0 Å². The molecule has 1 saturated heterocycles. The van der Waals surface area contributed by atoms with Crippen LogP contribution < -0.4 is 10.6 Å². The second-order valence-electron chi connectivity index (χ2n) is 5.50. The minimum Gasteiger partial charge on any atom is -0.391 e. The van der Waals surface area contributed by atoms with Crippen molar-refractivity contribution >= 4 is 5.91 Å². The van der Waals surface area contributed by atoms with Crippen LogP contribution in [-0.4, -0.2) is 36.8 Å². The van der Waals surface area contributed by atoms with E-state index in [1.807, 2.05) is 20.8 Å². The molecule has 3 unspecified atom stereocenters. The predicted octanol–water partition coefficient (Wildman–Crippen LogP) is 0.899. The lowest BCUT2D eigenvalue weighted by molar-refractivity contribution is -0.131. The quantitative estimate of drug-likeness (QED) is 0.671. The predicted molar refractivity (Wildman–Crippen MR) is 68.7 cm³/mol. The molecule has 0 aliphatic carbocycles. The molecule has 4 heteroatoms. The Labute approximate surface area is 104 Å². The van der Waals surface area contributed by atoms with Crippen LogP contribution in [0.2, 0.25) is 0 Å². The first-order valence-electron chi connectivity index (χ1n) is 6.66. The molecule has 1 heterocycles. The Morgan fingerprint density at radius 2 is 2.29 bits per heavy atom. The van der Waals surface area contributed by atoms with Gasteiger partial charge in [-0.05, 0) is 32.2 Å². The van der Waals surface area contributed by atoms with Crippen LogP contribution in [-0.2, 0) is 4.79 Å². The second-order valence-corrected chi connectivity index (χ2v) is 5.50. The van der Waals surface area contributed by atoms with Crippen molar-refractivity contribution in [3.05, 3.63) is 0 Å². The third kappa shape index (κ3) is 3.96. The molecule has 0 spiro atoms. The second kappa shape index (κ2) is 6.36. The highest BCUT2D eigenvalue weighted by atomic mass is 16.3. The van der Waals surface area contributed by atoms with Crippen LogP contribution in [0.15, 0.2) is 0 Å². The maximum atomic E-state index is 12.1. The van der Waals surface area contributed by atoms with E-state index in [9.17, 15) is 9.90 Å². The van der Waals surface area contributed by atoms with Crippen LogP contribution in [0.3, 0.4) is 0 Å². The smallest absolute Gasteiger partial charge is 0.227 e. The number of amides is 1. The number of hydrogen-bond acceptors (Lipinski definition) is 3. The molecule has 0 aromatic heterocycles. The molecule has 3 atom stereocenters. The van der Waals surface area contributed by atoms with Gasteiger partial charge in [0.15, 0.2) is 0 Å². The molecular formula is C13H26N2O2. The van der Waals surface area contributed by atoms with Gasteiger partial charge in [0.2, 0.25) is 5.91 Å². The van der Waals surface area contributed by atoms with E-state index in [0.717, 1.165) is 32.4 Å². The molecule has 0 radical (unpaired) electrons. The van der Waals surface area contributed by atoms with Gasteiger partial charge < -0.3 is 15.7 Å². The Bertz CT molecular complexity index is 250. The highest BCUT2D eigenvalue weighted by Crippen LogP contribution is 2.25. The van der Waals surface area contributed by atoms with Crippen molar-refractivity contribution in [3.8, 4) is 0 Å². The fraction of sp³-hybridized carbons (Fsp3) is 0.923. The molecule has 0 bridgehead atoms. The van der Waals surface area contributed by atoms with E-state index >= 15 is 0 Å². The number of nitrogens with one attached hydrogen (secondary N) is 2. The van der Waals surface area contributed by atoms with Crippen LogP contribution >= 0.6 is 0 Å². The number of piperidine rings is 1. The molecule has 1 rings (SSSR count). The molecule has 3 N–H and O–H groups in total. The zero-order chi connectivity index (χ0) is 12.9. The Hall–Kier alpha value is -0.610. The standard InChI is InChI=1S/C13H26N2O2/c1-4-10(2)11(16)8-15-12(17)13(3)6-5-7-14-9-13/h10-11,14,16H,4-9H2,1-3H3,(H,15,17). The summed E-state index contributed by atoms with van der Waals surface area (Å²) in [6.07, 6.45) is 2.45. The van der Waals surface area contributed by atoms with Crippen LogP contribution in [0.4, 0.5) is 0 Å². The summed E-state index contributed by atoms with van der Waals surface area (Å²) in [6.45, 7) is 8.13. The van der Waals surface area contributed by atoms with Gasteiger partial charge in [-0.15, -0.1) is 0 Å². The lowest BCUT2D eigenvalue weighted by Crippen LogP contribution is -2.50. The van der Waals surface area contributed by atoms with Gasteiger partial charge in [-0.3, -0.25) is 4.79 Å². The van der Waals surface area contributed by atoms with Gasteiger partial charge in [0.05, 0.1) is 11.5 Å². The first kappa shape index (κ1) is 14.5. The van der Waals surface area contributed by atoms with Gasteiger partial charge in [-0.2, -0.15) is 0 Å². The van der Waals surface area contributed by atoms with Crippen LogP contribution in [0, 0.1) is 11.3 Å². The number of rotatable bonds is 5. The van der Waals surface area contributed by atoms with Crippen molar-refractivity contribution in [2.75, 3.05) is 19.6 Å². The monoisotopic (exact) mass is 242 g/mol. The molecule has 4 nitrogen and oxygen atoms in total. The van der Waals surface area contributed by atoms with Gasteiger partial charge in [-0.1, -0.05) is 20.3 Å². The van der Waals surface area contributed by atoms with Gasteiger partial charge in [0, 0.05) is 13.1 Å². The highest BCUT2D eigenvalue weighted by Gasteiger charge is 2.34. The first-order valence-corrected chi connectivity index (χ1v) is 6.66. The van der Waals surface area contributed by atoms with Crippen molar-refractivity contribution < 1.29 is 9.90 Å². The zero-order valence-corrected chi connectivity index (χ0v) is 11.3. The number of hydrogen-bond donors (Lipinski definition) is 3. The van der Waals surface area contributed by atoms with Crippen molar-refractivity contribution in [1.29, 1.82) is 0 Å². The van der Waals surface area contributed by atoms with Crippen LogP contribution in [0.25, 0.3) is 0 Å². The molecule has 17 heavy (non-hydrogen) atoms. The molecular weight excluding hydrogens is 216 g/mol. The number of carbonyl (C=O) groups is 1. The van der Waals surface area contributed by atoms with E-state index in [4.69, 9.17) is 0 Å². The minimum atomic E-state index is -0.441. The minimum absolute atomic E-state index is 0.0621. The van der Waals surface area contributed by atoms with Crippen molar-refractivity contribution in [1.82, 2.24) is 10.6 Å². The first-order chi connectivity index (χ1) is 7.99. The van der Waals surface area contributed by atoms with E-state index in [-0.39, 0.29) is 17.2 Å². The van der Waals surface area contributed by atoms with Gasteiger partial charge in [0.25, 0.3) is 0 Å². The van der Waals surface area contributed by atoms with E-state index in [2.05, 4.69) is 10.6 Å². The summed E-state index contributed by atoms with van der Waals surface area (Å²) in [6, 6.07) is 0. The molecule has 0 saturated carbocycles. The number of aliphatic hydroxyl groups excluding tert-OH is 1. The Morgan fingerprint density at radius 3 is 2.82 bits per heavy atom. The Kier molecular flexibility index (Phi) is 5.40. The number of aliphatic hydroxyl groups is 1. The Morgan fingerprint density at radius 1 is 1.59 bits per heavy atom. The summed E-state index contributed by atoms with van der Waals surface area (Å²) in [7, 11) is 0. The molecule has 100 valence electrons. The fourth-order valence-corrected chi connectivity index (χ4v) is 2.13. The highest BCUT2D eigenvalue weighted by molar-refractivity contribution is 5.82. The average Bonchev–Trinajstić information content (AvgIpc) is 2.35. The maximum absolute atomic E-state index is 12.1. The van der Waals surface area contributed by atoms with Gasteiger partial charge in [0.1, 0.15) is 0 Å². The summed E-state index contributed by atoms with van der Waals surface area (Å²) in [4.78, 5) is 12.1. The van der Waals surface area contributed by atoms with Crippen LogP contribution in [0.1, 0.15) is 40.0 Å². The third-order valence-corrected chi connectivity index (χ3v) is 3.92. The SMILES string of the molecule is CCC(C)C(O)CNC(=O)C1(C)CCCNC1. The van der Waals surface area contributed by atoms with E-state index in [1.54, 1.807) is 0 Å². The third-order valence-electron chi connectivity index (χ3n) is 3.92.